The van der Waals surface area contributed by atoms with Gasteiger partial charge in [0.15, 0.2) is 0 Å². The molecule has 1 aliphatic rings. The molecule has 1 fully saturated rings. The van der Waals surface area contributed by atoms with E-state index >= 15 is 0 Å². The quantitative estimate of drug-likeness (QED) is 0.781. The summed E-state index contributed by atoms with van der Waals surface area (Å²) in [5.41, 5.74) is 0. The number of ether oxygens (including phenoxy) is 1. The molecule has 1 saturated heterocycles. The average Bonchev–Trinajstić information content (AvgIpc) is 2.87. The number of nitrogens with zero attached hydrogens (tertiary/aromatic N) is 3. The standard InChI is InChI=1S/C10H12F3N3O2S/c1-18-7(17)6-3-2-4-16(5-6)9-15-14-8(19-9)10(11,12)13/h6H,2-5H2,1H3. The minimum absolute atomic E-state index is 0.195. The van der Waals surface area contributed by atoms with E-state index in [4.69, 9.17) is 0 Å². The Bertz CT molecular complexity index is 463. The summed E-state index contributed by atoms with van der Waals surface area (Å²) in [5, 5.41) is 5.91. The van der Waals surface area contributed by atoms with E-state index in [9.17, 15) is 18.0 Å². The van der Waals surface area contributed by atoms with Crippen molar-refractivity contribution in [1.29, 1.82) is 0 Å². The molecule has 0 aliphatic carbocycles. The van der Waals surface area contributed by atoms with Crippen molar-refractivity contribution in [1.82, 2.24) is 10.2 Å². The minimum Gasteiger partial charge on any atom is -0.469 e. The van der Waals surface area contributed by atoms with Gasteiger partial charge in [0, 0.05) is 13.1 Å². The summed E-state index contributed by atoms with van der Waals surface area (Å²) >= 11 is 0.494. The lowest BCUT2D eigenvalue weighted by molar-refractivity contribution is -0.145. The Kier molecular flexibility index (Phi) is 3.93. The predicted molar refractivity (Wildman–Crippen MR) is 61.9 cm³/mol. The number of anilines is 1. The highest BCUT2D eigenvalue weighted by Crippen LogP contribution is 2.35. The number of alkyl halides is 3. The van der Waals surface area contributed by atoms with E-state index in [1.165, 1.54) is 7.11 Å². The first-order valence-corrected chi connectivity index (χ1v) is 6.47. The molecular formula is C10H12F3N3O2S. The van der Waals surface area contributed by atoms with Gasteiger partial charge in [-0.15, -0.1) is 10.2 Å². The summed E-state index contributed by atoms with van der Waals surface area (Å²) < 4.78 is 42.0. The number of esters is 1. The van der Waals surface area contributed by atoms with E-state index in [0.717, 1.165) is 0 Å². The SMILES string of the molecule is COC(=O)C1CCCN(c2nnc(C(F)(F)F)s2)C1. The van der Waals surface area contributed by atoms with E-state index in [0.29, 0.717) is 37.3 Å². The van der Waals surface area contributed by atoms with Gasteiger partial charge in [-0.3, -0.25) is 4.79 Å². The average molecular weight is 295 g/mol. The van der Waals surface area contributed by atoms with Crippen LogP contribution in [0, 0.1) is 5.92 Å². The number of hydrogen-bond donors (Lipinski definition) is 0. The lowest BCUT2D eigenvalue weighted by Crippen LogP contribution is -2.39. The Morgan fingerprint density at radius 3 is 2.79 bits per heavy atom. The maximum absolute atomic E-state index is 12.4. The molecule has 2 heterocycles. The molecule has 0 aromatic carbocycles. The molecule has 0 amide bonds. The smallest absolute Gasteiger partial charge is 0.445 e. The summed E-state index contributed by atoms with van der Waals surface area (Å²) in [7, 11) is 1.30. The van der Waals surface area contributed by atoms with E-state index in [-0.39, 0.29) is 17.0 Å². The molecule has 1 atom stereocenters. The zero-order valence-electron chi connectivity index (χ0n) is 10.1. The van der Waals surface area contributed by atoms with E-state index in [1.807, 2.05) is 0 Å². The van der Waals surface area contributed by atoms with Crippen LogP contribution in [0.1, 0.15) is 17.8 Å². The molecule has 106 valence electrons. The fourth-order valence-corrected chi connectivity index (χ4v) is 2.71. The van der Waals surface area contributed by atoms with Gasteiger partial charge in [0.25, 0.3) is 0 Å². The van der Waals surface area contributed by atoms with Gasteiger partial charge in [-0.1, -0.05) is 11.3 Å². The molecular weight excluding hydrogens is 283 g/mol. The summed E-state index contributed by atoms with van der Waals surface area (Å²) in [5.74, 6) is -0.665. The zero-order valence-corrected chi connectivity index (χ0v) is 10.9. The lowest BCUT2D eigenvalue weighted by atomic mass is 9.99. The van der Waals surface area contributed by atoms with Crippen molar-refractivity contribution in [2.24, 2.45) is 5.92 Å². The van der Waals surface area contributed by atoms with Gasteiger partial charge in [0.1, 0.15) is 0 Å². The third kappa shape index (κ3) is 3.14. The molecule has 1 aromatic heterocycles. The Hall–Kier alpha value is -1.38. The number of halogens is 3. The van der Waals surface area contributed by atoms with Crippen LogP contribution in [0.25, 0.3) is 0 Å². The molecule has 0 radical (unpaired) electrons. The number of hydrogen-bond acceptors (Lipinski definition) is 6. The van der Waals surface area contributed by atoms with Crippen LogP contribution in [0.3, 0.4) is 0 Å². The molecule has 0 saturated carbocycles. The number of aromatic nitrogens is 2. The summed E-state index contributed by atoms with van der Waals surface area (Å²) in [6, 6.07) is 0. The molecule has 9 heteroatoms. The van der Waals surface area contributed by atoms with Gasteiger partial charge in [0.05, 0.1) is 13.0 Å². The molecule has 1 aromatic rings. The minimum atomic E-state index is -4.48. The van der Waals surface area contributed by atoms with Crippen LogP contribution < -0.4 is 4.90 Å². The number of methoxy groups -OCH3 is 1. The van der Waals surface area contributed by atoms with Crippen LogP contribution in [0.2, 0.25) is 0 Å². The Morgan fingerprint density at radius 1 is 1.47 bits per heavy atom. The second-order valence-electron chi connectivity index (χ2n) is 4.20. The highest BCUT2D eigenvalue weighted by Gasteiger charge is 2.37. The van der Waals surface area contributed by atoms with Crippen LogP contribution in [0.15, 0.2) is 0 Å². The monoisotopic (exact) mass is 295 g/mol. The largest absolute Gasteiger partial charge is 0.469 e. The number of carbonyl (C=O) groups excluding carboxylic acids is 1. The third-order valence-corrected chi connectivity index (χ3v) is 3.91. The topological polar surface area (TPSA) is 55.3 Å². The molecule has 0 spiro atoms. The van der Waals surface area contributed by atoms with Crippen LogP contribution in [0.4, 0.5) is 18.3 Å². The van der Waals surface area contributed by atoms with Crippen LogP contribution >= 0.6 is 11.3 Å². The van der Waals surface area contributed by atoms with Gasteiger partial charge in [-0.2, -0.15) is 13.2 Å². The third-order valence-electron chi connectivity index (χ3n) is 2.88. The Labute approximate surface area is 111 Å². The van der Waals surface area contributed by atoms with Gasteiger partial charge < -0.3 is 9.64 Å². The van der Waals surface area contributed by atoms with Gasteiger partial charge >= 0.3 is 12.1 Å². The normalized spacial score (nSPS) is 20.4. The number of piperidine rings is 1. The molecule has 1 aliphatic heterocycles. The molecule has 1 unspecified atom stereocenters. The van der Waals surface area contributed by atoms with Gasteiger partial charge in [0.2, 0.25) is 10.1 Å². The van der Waals surface area contributed by atoms with Crippen molar-refractivity contribution in [3.63, 3.8) is 0 Å². The van der Waals surface area contributed by atoms with Crippen molar-refractivity contribution in [2.45, 2.75) is 19.0 Å². The highest BCUT2D eigenvalue weighted by atomic mass is 32.1. The first kappa shape index (κ1) is 14.0. The summed E-state index contributed by atoms with van der Waals surface area (Å²) in [6.45, 7) is 0.888. The zero-order chi connectivity index (χ0) is 14.0. The Morgan fingerprint density at radius 2 is 2.21 bits per heavy atom. The van der Waals surface area contributed by atoms with E-state index in [1.54, 1.807) is 4.90 Å². The highest BCUT2D eigenvalue weighted by molar-refractivity contribution is 7.15. The fraction of sp³-hybridized carbons (Fsp3) is 0.700. The van der Waals surface area contributed by atoms with Crippen LogP contribution in [-0.4, -0.2) is 36.4 Å². The lowest BCUT2D eigenvalue weighted by Gasteiger charge is -2.30. The van der Waals surface area contributed by atoms with Crippen molar-refractivity contribution in [3.8, 4) is 0 Å². The molecule has 5 nitrogen and oxygen atoms in total. The van der Waals surface area contributed by atoms with Crippen molar-refractivity contribution < 1.29 is 22.7 Å². The molecule has 2 rings (SSSR count). The van der Waals surface area contributed by atoms with Crippen LogP contribution in [-0.2, 0) is 15.7 Å². The summed E-state index contributed by atoms with van der Waals surface area (Å²) in [4.78, 5) is 13.1. The maximum atomic E-state index is 12.4. The summed E-state index contributed by atoms with van der Waals surface area (Å²) in [6.07, 6.45) is -3.09. The predicted octanol–water partition coefficient (Wildman–Crippen LogP) is 1.95. The second-order valence-corrected chi connectivity index (χ2v) is 5.15. The first-order valence-electron chi connectivity index (χ1n) is 5.65. The van der Waals surface area contributed by atoms with Gasteiger partial charge in [-0.25, -0.2) is 0 Å². The first-order chi connectivity index (χ1) is 8.91. The Balaban J connectivity index is 2.09. The fourth-order valence-electron chi connectivity index (χ4n) is 1.97. The molecule has 0 bridgehead atoms. The maximum Gasteiger partial charge on any atom is 0.445 e. The van der Waals surface area contributed by atoms with Crippen LogP contribution in [0.5, 0.6) is 0 Å². The molecule has 19 heavy (non-hydrogen) atoms. The number of rotatable bonds is 2. The van der Waals surface area contributed by atoms with Crippen molar-refractivity contribution >= 4 is 22.4 Å². The van der Waals surface area contributed by atoms with E-state index < -0.39 is 11.2 Å². The van der Waals surface area contributed by atoms with E-state index in [2.05, 4.69) is 14.9 Å². The van der Waals surface area contributed by atoms with Gasteiger partial charge in [-0.05, 0) is 12.8 Å². The molecule has 0 N–H and O–H groups in total. The van der Waals surface area contributed by atoms with Crippen molar-refractivity contribution in [2.75, 3.05) is 25.1 Å². The second kappa shape index (κ2) is 5.32. The van der Waals surface area contributed by atoms with Crippen molar-refractivity contribution in [3.05, 3.63) is 5.01 Å². The number of carbonyl (C=O) groups is 1.